The predicted octanol–water partition coefficient (Wildman–Crippen LogP) is 2.14. The maximum atomic E-state index is 11.6. The molecule has 0 bridgehead atoms. The Morgan fingerprint density at radius 3 is 2.33 bits per heavy atom. The van der Waals surface area contributed by atoms with Gasteiger partial charge in [-0.05, 0) is 17.6 Å². The third-order valence-electron chi connectivity index (χ3n) is 2.30. The lowest BCUT2D eigenvalue weighted by Crippen LogP contribution is -2.32. The summed E-state index contributed by atoms with van der Waals surface area (Å²) in [4.78, 5) is 22.7. The highest BCUT2D eigenvalue weighted by Gasteiger charge is 2.20. The Labute approximate surface area is 106 Å². The number of carboxylic acids is 1. The zero-order valence-corrected chi connectivity index (χ0v) is 10.5. The van der Waals surface area contributed by atoms with Crippen molar-refractivity contribution in [2.24, 2.45) is 5.92 Å². The highest BCUT2D eigenvalue weighted by Crippen LogP contribution is 2.12. The van der Waals surface area contributed by atoms with Gasteiger partial charge in [-0.2, -0.15) is 0 Å². The lowest BCUT2D eigenvalue weighted by Gasteiger charge is -2.13. The molecule has 0 heterocycles. The number of rotatable bonds is 5. The highest BCUT2D eigenvalue weighted by atomic mass is 16.4. The summed E-state index contributed by atoms with van der Waals surface area (Å²) in [6.45, 7) is 3.88. The van der Waals surface area contributed by atoms with Crippen LogP contribution in [-0.4, -0.2) is 17.0 Å². The van der Waals surface area contributed by atoms with Gasteiger partial charge in [-0.3, -0.25) is 4.79 Å². The van der Waals surface area contributed by atoms with Gasteiger partial charge in [0.1, 0.15) is 0 Å². The van der Waals surface area contributed by atoms with Crippen molar-refractivity contribution in [1.82, 2.24) is 5.32 Å². The molecule has 0 saturated carbocycles. The summed E-state index contributed by atoms with van der Waals surface area (Å²) < 4.78 is 0. The molecule has 4 heteroatoms. The van der Waals surface area contributed by atoms with Gasteiger partial charge >= 0.3 is 5.97 Å². The minimum absolute atomic E-state index is 0.246. The van der Waals surface area contributed by atoms with Crippen LogP contribution in [0.1, 0.15) is 25.5 Å². The fourth-order valence-electron chi connectivity index (χ4n) is 1.40. The van der Waals surface area contributed by atoms with Crippen molar-refractivity contribution in [1.29, 1.82) is 0 Å². The van der Waals surface area contributed by atoms with E-state index in [1.54, 1.807) is 36.4 Å². The number of amides is 1. The molecule has 0 aromatic heterocycles. The molecule has 4 nitrogen and oxygen atoms in total. The first-order valence-corrected chi connectivity index (χ1v) is 5.77. The molecule has 0 spiro atoms. The summed E-state index contributed by atoms with van der Waals surface area (Å²) in [6.07, 6.45) is 3.09. The third kappa shape index (κ3) is 4.41. The average Bonchev–Trinajstić information content (AvgIpc) is 2.34. The maximum Gasteiger partial charge on any atom is 0.330 e. The summed E-state index contributed by atoms with van der Waals surface area (Å²) in [7, 11) is 0. The van der Waals surface area contributed by atoms with Crippen molar-refractivity contribution in [2.75, 3.05) is 0 Å². The Morgan fingerprint density at radius 2 is 1.83 bits per heavy atom. The van der Waals surface area contributed by atoms with Crippen LogP contribution in [0.15, 0.2) is 42.5 Å². The van der Waals surface area contributed by atoms with Gasteiger partial charge in [-0.25, -0.2) is 4.79 Å². The molecule has 0 radical (unpaired) electrons. The number of carbonyl (C=O) groups excluding carboxylic acids is 1. The molecule has 1 amide bonds. The summed E-state index contributed by atoms with van der Waals surface area (Å²) in [5, 5.41) is 11.6. The second-order valence-corrected chi connectivity index (χ2v) is 4.29. The molecule has 1 aromatic carbocycles. The SMILES string of the molecule is CC(C)/C=C/C(=O)N[C@@H](C(=O)O)c1ccccc1. The summed E-state index contributed by atoms with van der Waals surface area (Å²) in [5.74, 6) is -1.23. The monoisotopic (exact) mass is 247 g/mol. The molecule has 0 aliphatic carbocycles. The van der Waals surface area contributed by atoms with Crippen LogP contribution in [0, 0.1) is 5.92 Å². The summed E-state index contributed by atoms with van der Waals surface area (Å²) in [6, 6.07) is 7.60. The van der Waals surface area contributed by atoms with E-state index in [4.69, 9.17) is 5.11 Å². The Balaban J connectivity index is 2.77. The van der Waals surface area contributed by atoms with E-state index >= 15 is 0 Å². The zero-order valence-electron chi connectivity index (χ0n) is 10.5. The third-order valence-corrected chi connectivity index (χ3v) is 2.30. The molecule has 0 aliphatic heterocycles. The van der Waals surface area contributed by atoms with E-state index in [9.17, 15) is 9.59 Å². The Bertz CT molecular complexity index is 438. The van der Waals surface area contributed by atoms with E-state index in [-0.39, 0.29) is 5.92 Å². The predicted molar refractivity (Wildman–Crippen MR) is 68.9 cm³/mol. The van der Waals surface area contributed by atoms with E-state index in [1.165, 1.54) is 6.08 Å². The molecule has 0 aliphatic rings. The molecular formula is C14H17NO3. The van der Waals surface area contributed by atoms with Crippen LogP contribution in [0.2, 0.25) is 0 Å². The normalized spacial score (nSPS) is 12.6. The van der Waals surface area contributed by atoms with E-state index < -0.39 is 17.9 Å². The van der Waals surface area contributed by atoms with Crippen LogP contribution >= 0.6 is 0 Å². The average molecular weight is 247 g/mol. The highest BCUT2D eigenvalue weighted by molar-refractivity contribution is 5.91. The lowest BCUT2D eigenvalue weighted by atomic mass is 10.1. The van der Waals surface area contributed by atoms with Crippen molar-refractivity contribution in [2.45, 2.75) is 19.9 Å². The number of hydrogen-bond acceptors (Lipinski definition) is 2. The quantitative estimate of drug-likeness (QED) is 0.783. The van der Waals surface area contributed by atoms with E-state index in [2.05, 4.69) is 5.32 Å². The minimum Gasteiger partial charge on any atom is -0.479 e. The van der Waals surface area contributed by atoms with E-state index in [1.807, 2.05) is 13.8 Å². The van der Waals surface area contributed by atoms with E-state index in [0.29, 0.717) is 5.56 Å². The second-order valence-electron chi connectivity index (χ2n) is 4.29. The van der Waals surface area contributed by atoms with Gasteiger partial charge in [0.25, 0.3) is 0 Å². The zero-order chi connectivity index (χ0) is 13.5. The molecule has 0 unspecified atom stereocenters. The number of aliphatic carboxylic acids is 1. The molecule has 2 N–H and O–H groups in total. The van der Waals surface area contributed by atoms with Crippen molar-refractivity contribution in [3.63, 3.8) is 0 Å². The standard InChI is InChI=1S/C14H17NO3/c1-10(2)8-9-12(16)15-13(14(17)18)11-6-4-3-5-7-11/h3-10,13H,1-2H3,(H,15,16)(H,17,18)/b9-8+/t13-/m1/s1. The van der Waals surface area contributed by atoms with Crippen molar-refractivity contribution in [3.8, 4) is 0 Å². The van der Waals surface area contributed by atoms with Crippen LogP contribution in [0.4, 0.5) is 0 Å². The molecule has 1 atom stereocenters. The first-order chi connectivity index (χ1) is 8.50. The van der Waals surface area contributed by atoms with Crippen molar-refractivity contribution in [3.05, 3.63) is 48.0 Å². The second kappa shape index (κ2) is 6.59. The molecule has 1 aromatic rings. The summed E-state index contributed by atoms with van der Waals surface area (Å²) in [5.41, 5.74) is 0.552. The Morgan fingerprint density at radius 1 is 1.22 bits per heavy atom. The fraction of sp³-hybridized carbons (Fsp3) is 0.286. The molecule has 1 rings (SSSR count). The van der Waals surface area contributed by atoms with Gasteiger partial charge in [0, 0.05) is 0 Å². The van der Waals surface area contributed by atoms with Gasteiger partial charge in [0.15, 0.2) is 6.04 Å². The van der Waals surface area contributed by atoms with Gasteiger partial charge in [0.05, 0.1) is 0 Å². The molecule has 96 valence electrons. The first kappa shape index (κ1) is 14.0. The number of nitrogens with one attached hydrogen (secondary N) is 1. The molecular weight excluding hydrogens is 230 g/mol. The number of carbonyl (C=O) groups is 2. The smallest absolute Gasteiger partial charge is 0.330 e. The topological polar surface area (TPSA) is 66.4 Å². The lowest BCUT2D eigenvalue weighted by molar-refractivity contribution is -0.141. The fourth-order valence-corrected chi connectivity index (χ4v) is 1.40. The van der Waals surface area contributed by atoms with E-state index in [0.717, 1.165) is 0 Å². The minimum atomic E-state index is -1.08. The number of allylic oxidation sites excluding steroid dienone is 1. The van der Waals surface area contributed by atoms with Crippen molar-refractivity contribution >= 4 is 11.9 Å². The largest absolute Gasteiger partial charge is 0.479 e. The van der Waals surface area contributed by atoms with Gasteiger partial charge in [0.2, 0.25) is 5.91 Å². The number of carboxylic acid groups (broad SMARTS) is 1. The molecule has 0 saturated heterocycles. The Hall–Kier alpha value is -2.10. The van der Waals surface area contributed by atoms with Crippen LogP contribution in [0.3, 0.4) is 0 Å². The Kier molecular flexibility index (Phi) is 5.11. The summed E-state index contributed by atoms with van der Waals surface area (Å²) >= 11 is 0. The van der Waals surface area contributed by atoms with Gasteiger partial charge in [-0.15, -0.1) is 0 Å². The number of benzene rings is 1. The molecule has 0 fully saturated rings. The molecule has 18 heavy (non-hydrogen) atoms. The van der Waals surface area contributed by atoms with Gasteiger partial charge in [-0.1, -0.05) is 50.3 Å². The van der Waals surface area contributed by atoms with Crippen LogP contribution in [0.25, 0.3) is 0 Å². The number of hydrogen-bond donors (Lipinski definition) is 2. The first-order valence-electron chi connectivity index (χ1n) is 5.77. The van der Waals surface area contributed by atoms with Gasteiger partial charge < -0.3 is 10.4 Å². The van der Waals surface area contributed by atoms with Crippen LogP contribution in [0.5, 0.6) is 0 Å². The van der Waals surface area contributed by atoms with Crippen LogP contribution in [-0.2, 0) is 9.59 Å². The maximum absolute atomic E-state index is 11.6. The van der Waals surface area contributed by atoms with Crippen LogP contribution < -0.4 is 5.32 Å². The van der Waals surface area contributed by atoms with Crippen molar-refractivity contribution < 1.29 is 14.7 Å².